The molecule has 7 heteroatoms. The van der Waals surface area contributed by atoms with Crippen molar-refractivity contribution in [2.45, 2.75) is 19.5 Å². The number of amides is 3. The van der Waals surface area contributed by atoms with Crippen molar-refractivity contribution in [3.8, 4) is 0 Å². The molecule has 82 valence electrons. The fourth-order valence-electron chi connectivity index (χ4n) is 0.996. The Bertz CT molecular complexity index is 335. The SMILES string of the molecule is CC(NC(N)=O)C(=O)NCc1cn[nH]c1. The smallest absolute Gasteiger partial charge is 0.312 e. The monoisotopic (exact) mass is 211 g/mol. The van der Waals surface area contributed by atoms with Gasteiger partial charge in [-0.3, -0.25) is 9.89 Å². The molecule has 0 saturated heterocycles. The summed E-state index contributed by atoms with van der Waals surface area (Å²) in [6.07, 6.45) is 3.28. The first-order valence-corrected chi connectivity index (χ1v) is 4.41. The van der Waals surface area contributed by atoms with Crippen molar-refractivity contribution in [1.82, 2.24) is 20.8 Å². The fourth-order valence-corrected chi connectivity index (χ4v) is 0.996. The quantitative estimate of drug-likeness (QED) is 0.516. The summed E-state index contributed by atoms with van der Waals surface area (Å²) in [6, 6.07) is -1.37. The number of aromatic nitrogens is 2. The van der Waals surface area contributed by atoms with E-state index in [2.05, 4.69) is 20.8 Å². The molecule has 1 heterocycles. The number of carbonyl (C=O) groups excluding carboxylic acids is 2. The largest absolute Gasteiger partial charge is 0.352 e. The summed E-state index contributed by atoms with van der Waals surface area (Å²) in [4.78, 5) is 21.8. The van der Waals surface area contributed by atoms with Crippen LogP contribution in [0.4, 0.5) is 4.79 Å². The first-order valence-electron chi connectivity index (χ1n) is 4.41. The van der Waals surface area contributed by atoms with Crippen LogP contribution in [0.2, 0.25) is 0 Å². The molecular weight excluding hydrogens is 198 g/mol. The predicted octanol–water partition coefficient (Wildman–Crippen LogP) is -0.917. The van der Waals surface area contributed by atoms with E-state index >= 15 is 0 Å². The Kier molecular flexibility index (Phi) is 3.67. The summed E-state index contributed by atoms with van der Waals surface area (Å²) in [7, 11) is 0. The van der Waals surface area contributed by atoms with Gasteiger partial charge in [-0.05, 0) is 6.92 Å². The molecule has 0 aliphatic heterocycles. The van der Waals surface area contributed by atoms with E-state index in [-0.39, 0.29) is 5.91 Å². The zero-order valence-corrected chi connectivity index (χ0v) is 8.28. The van der Waals surface area contributed by atoms with Crippen molar-refractivity contribution in [1.29, 1.82) is 0 Å². The van der Waals surface area contributed by atoms with Crippen molar-refractivity contribution < 1.29 is 9.59 Å². The summed E-state index contributed by atoms with van der Waals surface area (Å²) in [5.41, 5.74) is 5.73. The number of hydrogen-bond donors (Lipinski definition) is 4. The van der Waals surface area contributed by atoms with Crippen LogP contribution in [-0.2, 0) is 11.3 Å². The zero-order valence-electron chi connectivity index (χ0n) is 8.28. The van der Waals surface area contributed by atoms with Crippen molar-refractivity contribution in [3.05, 3.63) is 18.0 Å². The molecule has 1 atom stereocenters. The molecule has 3 amide bonds. The van der Waals surface area contributed by atoms with Gasteiger partial charge in [0.2, 0.25) is 5.91 Å². The molecular formula is C8H13N5O2. The molecule has 0 bridgehead atoms. The molecule has 0 aliphatic carbocycles. The van der Waals surface area contributed by atoms with E-state index < -0.39 is 12.1 Å². The normalized spacial score (nSPS) is 11.8. The lowest BCUT2D eigenvalue weighted by Gasteiger charge is -2.11. The number of carbonyl (C=O) groups is 2. The van der Waals surface area contributed by atoms with Gasteiger partial charge in [0, 0.05) is 18.3 Å². The second kappa shape index (κ2) is 4.99. The van der Waals surface area contributed by atoms with Crippen LogP contribution in [0.25, 0.3) is 0 Å². The summed E-state index contributed by atoms with van der Waals surface area (Å²) >= 11 is 0. The third-order valence-electron chi connectivity index (χ3n) is 1.77. The van der Waals surface area contributed by atoms with Gasteiger partial charge in [0.15, 0.2) is 0 Å². The maximum absolute atomic E-state index is 11.4. The Balaban J connectivity index is 2.32. The van der Waals surface area contributed by atoms with E-state index in [1.165, 1.54) is 0 Å². The van der Waals surface area contributed by atoms with E-state index in [1.54, 1.807) is 19.3 Å². The van der Waals surface area contributed by atoms with Crippen LogP contribution < -0.4 is 16.4 Å². The number of hydrogen-bond acceptors (Lipinski definition) is 3. The van der Waals surface area contributed by atoms with Crippen molar-refractivity contribution in [2.24, 2.45) is 5.73 Å². The maximum Gasteiger partial charge on any atom is 0.312 e. The number of aromatic amines is 1. The molecule has 1 aromatic heterocycles. The lowest BCUT2D eigenvalue weighted by molar-refractivity contribution is -0.122. The molecule has 5 N–H and O–H groups in total. The number of nitrogens with one attached hydrogen (secondary N) is 3. The molecule has 0 aliphatic rings. The third kappa shape index (κ3) is 3.67. The van der Waals surface area contributed by atoms with Gasteiger partial charge in [0.05, 0.1) is 6.20 Å². The average Bonchev–Trinajstić information content (AvgIpc) is 2.65. The Morgan fingerprint density at radius 2 is 2.40 bits per heavy atom. The molecule has 1 aromatic rings. The minimum atomic E-state index is -0.721. The van der Waals surface area contributed by atoms with Crippen molar-refractivity contribution >= 4 is 11.9 Å². The lowest BCUT2D eigenvalue weighted by atomic mass is 10.3. The molecule has 1 rings (SSSR count). The number of nitrogens with two attached hydrogens (primary N) is 1. The van der Waals surface area contributed by atoms with Crippen LogP contribution in [0, 0.1) is 0 Å². The van der Waals surface area contributed by atoms with Gasteiger partial charge in [-0.1, -0.05) is 0 Å². The average molecular weight is 211 g/mol. The molecule has 15 heavy (non-hydrogen) atoms. The van der Waals surface area contributed by atoms with Gasteiger partial charge in [-0.2, -0.15) is 5.10 Å². The van der Waals surface area contributed by atoms with Crippen LogP contribution in [0.3, 0.4) is 0 Å². The Morgan fingerprint density at radius 1 is 1.67 bits per heavy atom. The number of H-pyrrole nitrogens is 1. The first kappa shape index (κ1) is 11.0. The highest BCUT2D eigenvalue weighted by Gasteiger charge is 2.13. The van der Waals surface area contributed by atoms with Crippen LogP contribution in [-0.4, -0.2) is 28.2 Å². The number of nitrogens with zero attached hydrogens (tertiary/aromatic N) is 1. The van der Waals surface area contributed by atoms with Gasteiger partial charge in [-0.15, -0.1) is 0 Å². The zero-order chi connectivity index (χ0) is 11.3. The summed E-state index contributed by atoms with van der Waals surface area (Å²) < 4.78 is 0. The molecule has 0 saturated carbocycles. The fraction of sp³-hybridized carbons (Fsp3) is 0.375. The molecule has 0 radical (unpaired) electrons. The standard InChI is InChI=1S/C8H13N5O2/c1-5(13-8(9)15)7(14)10-2-6-3-11-12-4-6/h3-5H,2H2,1H3,(H,10,14)(H,11,12)(H3,9,13,15). The summed E-state index contributed by atoms with van der Waals surface area (Å²) in [6.45, 7) is 1.91. The third-order valence-corrected chi connectivity index (χ3v) is 1.77. The summed E-state index contributed by atoms with van der Waals surface area (Å²) in [5.74, 6) is -0.296. The molecule has 1 unspecified atom stereocenters. The number of primary amides is 1. The van der Waals surface area contributed by atoms with E-state index in [4.69, 9.17) is 5.73 Å². The topological polar surface area (TPSA) is 113 Å². The van der Waals surface area contributed by atoms with Crippen LogP contribution >= 0.6 is 0 Å². The first-order chi connectivity index (χ1) is 7.09. The minimum Gasteiger partial charge on any atom is -0.352 e. The molecule has 0 fully saturated rings. The molecule has 0 aromatic carbocycles. The molecule has 7 nitrogen and oxygen atoms in total. The van der Waals surface area contributed by atoms with Crippen LogP contribution in [0.1, 0.15) is 12.5 Å². The van der Waals surface area contributed by atoms with E-state index in [0.717, 1.165) is 5.56 Å². The van der Waals surface area contributed by atoms with Gasteiger partial charge < -0.3 is 16.4 Å². The minimum absolute atomic E-state index is 0.296. The summed E-state index contributed by atoms with van der Waals surface area (Å²) in [5, 5.41) is 11.2. The van der Waals surface area contributed by atoms with E-state index in [1.807, 2.05) is 0 Å². The van der Waals surface area contributed by atoms with Gasteiger partial charge >= 0.3 is 6.03 Å². The van der Waals surface area contributed by atoms with E-state index in [9.17, 15) is 9.59 Å². The van der Waals surface area contributed by atoms with Crippen LogP contribution in [0.5, 0.6) is 0 Å². The van der Waals surface area contributed by atoms with Gasteiger partial charge in [0.1, 0.15) is 6.04 Å². The second-order valence-electron chi connectivity index (χ2n) is 3.05. The maximum atomic E-state index is 11.4. The predicted molar refractivity (Wildman–Crippen MR) is 52.6 cm³/mol. The Hall–Kier alpha value is -2.05. The highest BCUT2D eigenvalue weighted by atomic mass is 16.2. The molecule has 0 spiro atoms. The van der Waals surface area contributed by atoms with Gasteiger partial charge in [-0.25, -0.2) is 4.79 Å². The number of urea groups is 1. The van der Waals surface area contributed by atoms with E-state index in [0.29, 0.717) is 6.54 Å². The van der Waals surface area contributed by atoms with Crippen molar-refractivity contribution in [2.75, 3.05) is 0 Å². The Labute approximate surface area is 86.4 Å². The Morgan fingerprint density at radius 3 is 2.93 bits per heavy atom. The highest BCUT2D eigenvalue weighted by molar-refractivity contribution is 5.86. The highest BCUT2D eigenvalue weighted by Crippen LogP contribution is 1.92. The number of rotatable bonds is 4. The lowest BCUT2D eigenvalue weighted by Crippen LogP contribution is -2.46. The van der Waals surface area contributed by atoms with Gasteiger partial charge in [0.25, 0.3) is 0 Å². The van der Waals surface area contributed by atoms with Crippen LogP contribution in [0.15, 0.2) is 12.4 Å². The van der Waals surface area contributed by atoms with Crippen molar-refractivity contribution in [3.63, 3.8) is 0 Å². The second-order valence-corrected chi connectivity index (χ2v) is 3.05.